The highest BCUT2D eigenvalue weighted by molar-refractivity contribution is 6.29. The Labute approximate surface area is 115 Å². The molecule has 1 N–H and O–H groups in total. The molecule has 0 saturated carbocycles. The molecule has 1 aliphatic rings. The third kappa shape index (κ3) is 1.58. The molecule has 0 saturated heterocycles. The fraction of sp³-hybridized carbons (Fsp3) is 0.125. The van der Waals surface area contributed by atoms with Gasteiger partial charge in [-0.05, 0) is 6.07 Å². The van der Waals surface area contributed by atoms with Gasteiger partial charge in [0.05, 0.1) is 19.3 Å². The Bertz CT molecular complexity index is 731. The predicted octanol–water partition coefficient (Wildman–Crippen LogP) is 1.96. The van der Waals surface area contributed by atoms with Crippen molar-refractivity contribution in [2.75, 3.05) is 7.11 Å². The van der Waals surface area contributed by atoms with Gasteiger partial charge in [-0.2, -0.15) is 0 Å². The number of fused-ring (bicyclic) bond motifs is 2. The SMILES string of the molecule is COc1c(CO)ccc2c1C(=O)c1ccccc1C2=O. The molecule has 4 heteroatoms. The highest BCUT2D eigenvalue weighted by Gasteiger charge is 2.32. The van der Waals surface area contributed by atoms with Crippen LogP contribution in [-0.2, 0) is 6.61 Å². The van der Waals surface area contributed by atoms with Crippen LogP contribution in [-0.4, -0.2) is 23.8 Å². The summed E-state index contributed by atoms with van der Waals surface area (Å²) in [5, 5.41) is 9.32. The van der Waals surface area contributed by atoms with Crippen molar-refractivity contribution in [1.29, 1.82) is 0 Å². The van der Waals surface area contributed by atoms with Crippen LogP contribution in [0.1, 0.15) is 37.4 Å². The molecule has 0 bridgehead atoms. The Morgan fingerprint density at radius 3 is 2.20 bits per heavy atom. The Balaban J connectivity index is 2.33. The van der Waals surface area contributed by atoms with Crippen LogP contribution in [0.5, 0.6) is 5.75 Å². The Kier molecular flexibility index (Phi) is 2.88. The maximum atomic E-state index is 12.6. The molecule has 0 spiro atoms. The molecule has 4 nitrogen and oxygen atoms in total. The van der Waals surface area contributed by atoms with E-state index in [0.717, 1.165) is 0 Å². The molecule has 2 aromatic carbocycles. The number of hydrogen-bond donors (Lipinski definition) is 1. The molecule has 2 aromatic rings. The van der Waals surface area contributed by atoms with E-state index < -0.39 is 0 Å². The molecule has 100 valence electrons. The molecule has 1 aliphatic carbocycles. The van der Waals surface area contributed by atoms with Gasteiger partial charge in [-0.3, -0.25) is 9.59 Å². The average Bonchev–Trinajstić information content (AvgIpc) is 2.51. The minimum absolute atomic E-state index is 0.196. The molecule has 0 aromatic heterocycles. The van der Waals surface area contributed by atoms with Crippen LogP contribution >= 0.6 is 0 Å². The van der Waals surface area contributed by atoms with Crippen LogP contribution in [0.15, 0.2) is 36.4 Å². The Morgan fingerprint density at radius 2 is 1.60 bits per heavy atom. The van der Waals surface area contributed by atoms with E-state index in [0.29, 0.717) is 22.3 Å². The van der Waals surface area contributed by atoms with Crippen molar-refractivity contribution in [2.24, 2.45) is 0 Å². The van der Waals surface area contributed by atoms with Crippen molar-refractivity contribution >= 4 is 11.6 Å². The molecule has 0 heterocycles. The minimum Gasteiger partial charge on any atom is -0.496 e. The number of aliphatic hydroxyl groups excluding tert-OH is 1. The minimum atomic E-state index is -0.250. The summed E-state index contributed by atoms with van der Waals surface area (Å²) in [4.78, 5) is 25.0. The van der Waals surface area contributed by atoms with E-state index in [4.69, 9.17) is 4.74 Å². The summed E-state index contributed by atoms with van der Waals surface area (Å²) in [5.41, 5.74) is 1.83. The molecule has 0 amide bonds. The van der Waals surface area contributed by atoms with Crippen LogP contribution in [0, 0.1) is 0 Å². The van der Waals surface area contributed by atoms with Crippen molar-refractivity contribution in [2.45, 2.75) is 6.61 Å². The van der Waals surface area contributed by atoms with E-state index in [1.165, 1.54) is 7.11 Å². The first-order chi connectivity index (χ1) is 9.69. The lowest BCUT2D eigenvalue weighted by molar-refractivity contribution is 0.0976. The number of carbonyl (C=O) groups is 2. The topological polar surface area (TPSA) is 63.6 Å². The Hall–Kier alpha value is -2.46. The number of methoxy groups -OCH3 is 1. The zero-order valence-corrected chi connectivity index (χ0v) is 10.8. The number of aliphatic hydroxyl groups is 1. The highest BCUT2D eigenvalue weighted by atomic mass is 16.5. The second-order valence-electron chi connectivity index (χ2n) is 4.54. The maximum absolute atomic E-state index is 12.6. The zero-order valence-electron chi connectivity index (χ0n) is 10.8. The van der Waals surface area contributed by atoms with Gasteiger partial charge in [0.1, 0.15) is 5.75 Å². The van der Waals surface area contributed by atoms with E-state index in [1.807, 2.05) is 0 Å². The first-order valence-electron chi connectivity index (χ1n) is 6.18. The van der Waals surface area contributed by atoms with Crippen molar-refractivity contribution in [3.8, 4) is 5.75 Å². The monoisotopic (exact) mass is 268 g/mol. The summed E-state index contributed by atoms with van der Waals surface area (Å²) in [7, 11) is 1.42. The van der Waals surface area contributed by atoms with Gasteiger partial charge in [0.25, 0.3) is 0 Å². The lowest BCUT2D eigenvalue weighted by Crippen LogP contribution is -2.22. The number of hydrogen-bond acceptors (Lipinski definition) is 4. The molecular formula is C16H12O4. The molecule has 20 heavy (non-hydrogen) atoms. The summed E-state index contributed by atoms with van der Waals surface area (Å²) in [5.74, 6) is -0.168. The van der Waals surface area contributed by atoms with E-state index in [2.05, 4.69) is 0 Å². The lowest BCUT2D eigenvalue weighted by atomic mass is 9.82. The van der Waals surface area contributed by atoms with Gasteiger partial charge >= 0.3 is 0 Å². The second kappa shape index (κ2) is 4.58. The molecule has 0 atom stereocenters. The number of carbonyl (C=O) groups excluding carboxylic acids is 2. The number of rotatable bonds is 2. The maximum Gasteiger partial charge on any atom is 0.198 e. The Morgan fingerprint density at radius 1 is 0.950 bits per heavy atom. The second-order valence-corrected chi connectivity index (χ2v) is 4.54. The van der Waals surface area contributed by atoms with E-state index in [1.54, 1.807) is 36.4 Å². The van der Waals surface area contributed by atoms with Gasteiger partial charge in [-0.1, -0.05) is 30.3 Å². The van der Waals surface area contributed by atoms with Crippen LogP contribution in [0.2, 0.25) is 0 Å². The largest absolute Gasteiger partial charge is 0.496 e. The fourth-order valence-electron chi connectivity index (χ4n) is 2.56. The van der Waals surface area contributed by atoms with Crippen molar-refractivity contribution < 1.29 is 19.4 Å². The van der Waals surface area contributed by atoms with E-state index >= 15 is 0 Å². The van der Waals surface area contributed by atoms with Crippen molar-refractivity contribution in [3.05, 3.63) is 64.2 Å². The van der Waals surface area contributed by atoms with Crippen molar-refractivity contribution in [1.82, 2.24) is 0 Å². The third-order valence-electron chi connectivity index (χ3n) is 3.50. The van der Waals surface area contributed by atoms with Gasteiger partial charge in [-0.25, -0.2) is 0 Å². The third-order valence-corrected chi connectivity index (χ3v) is 3.50. The summed E-state index contributed by atoms with van der Waals surface area (Å²) >= 11 is 0. The van der Waals surface area contributed by atoms with Crippen LogP contribution in [0.4, 0.5) is 0 Å². The quantitative estimate of drug-likeness (QED) is 0.771. The lowest BCUT2D eigenvalue weighted by Gasteiger charge is -2.20. The summed E-state index contributed by atoms with van der Waals surface area (Å²) in [6, 6.07) is 9.90. The molecule has 0 radical (unpaired) electrons. The van der Waals surface area contributed by atoms with Crippen molar-refractivity contribution in [3.63, 3.8) is 0 Å². The van der Waals surface area contributed by atoms with Crippen LogP contribution in [0.3, 0.4) is 0 Å². The smallest absolute Gasteiger partial charge is 0.198 e. The van der Waals surface area contributed by atoms with Gasteiger partial charge in [0.2, 0.25) is 0 Å². The molecule has 0 aliphatic heterocycles. The van der Waals surface area contributed by atoms with Crippen LogP contribution < -0.4 is 4.74 Å². The molecule has 0 unspecified atom stereocenters. The number of ketones is 2. The summed E-state index contributed by atoms with van der Waals surface area (Å²) in [6.45, 7) is -0.250. The zero-order chi connectivity index (χ0) is 14.3. The van der Waals surface area contributed by atoms with E-state index in [9.17, 15) is 14.7 Å². The average molecular weight is 268 g/mol. The predicted molar refractivity (Wildman–Crippen MR) is 72.2 cm³/mol. The van der Waals surface area contributed by atoms with Gasteiger partial charge in [0, 0.05) is 22.3 Å². The van der Waals surface area contributed by atoms with Crippen LogP contribution in [0.25, 0.3) is 0 Å². The fourth-order valence-corrected chi connectivity index (χ4v) is 2.56. The van der Waals surface area contributed by atoms with Gasteiger partial charge < -0.3 is 9.84 Å². The normalized spacial score (nSPS) is 12.9. The first-order valence-corrected chi connectivity index (χ1v) is 6.18. The first kappa shape index (κ1) is 12.6. The summed E-state index contributed by atoms with van der Waals surface area (Å²) < 4.78 is 5.24. The molecule has 0 fully saturated rings. The van der Waals surface area contributed by atoms with E-state index in [-0.39, 0.29) is 29.5 Å². The number of benzene rings is 2. The standard InChI is InChI=1S/C16H12O4/c1-20-16-9(8-17)6-7-12-13(16)15(19)11-5-3-2-4-10(11)14(12)18/h2-7,17H,8H2,1H3. The molecule has 3 rings (SSSR count). The van der Waals surface area contributed by atoms with Gasteiger partial charge in [0.15, 0.2) is 11.6 Å². The van der Waals surface area contributed by atoms with Gasteiger partial charge in [-0.15, -0.1) is 0 Å². The number of ether oxygens (including phenoxy) is 1. The highest BCUT2D eigenvalue weighted by Crippen LogP contribution is 2.35. The molecular weight excluding hydrogens is 256 g/mol. The summed E-state index contributed by atoms with van der Waals surface area (Å²) in [6.07, 6.45) is 0.